The molecule has 16 heteroatoms. The summed E-state index contributed by atoms with van der Waals surface area (Å²) < 4.78 is 0. The van der Waals surface area contributed by atoms with Crippen LogP contribution in [0.15, 0.2) is 48.5 Å². The molecule has 6 heterocycles. The van der Waals surface area contributed by atoms with Gasteiger partial charge in [0.15, 0.2) is 4.87 Å². The molecule has 0 saturated carbocycles. The molecule has 8 rings (SSSR count). The van der Waals surface area contributed by atoms with Gasteiger partial charge in [-0.2, -0.15) is 0 Å². The van der Waals surface area contributed by atoms with Crippen LogP contribution in [0.25, 0.3) is 0 Å². The number of nitrogens with one attached hydrogen (secondary N) is 2. The zero-order chi connectivity index (χ0) is 35.9. The number of amides is 4. The fourth-order valence-electron chi connectivity index (χ4n) is 6.83. The Morgan fingerprint density at radius 1 is 0.580 bits per heavy atom. The maximum Gasteiger partial charge on any atom is 0.263 e. The topological polar surface area (TPSA) is 146 Å². The minimum atomic E-state index is -1.27. The van der Waals surface area contributed by atoms with Gasteiger partial charge in [0.25, 0.3) is 17.7 Å². The Morgan fingerprint density at radius 3 is 1.56 bits per heavy atom. The molecule has 4 unspecified atom stereocenters. The van der Waals surface area contributed by atoms with Gasteiger partial charge in [0, 0.05) is 54.1 Å². The molecule has 0 aliphatic carbocycles. The summed E-state index contributed by atoms with van der Waals surface area (Å²) in [6.45, 7) is 2.32. The van der Waals surface area contributed by atoms with Gasteiger partial charge in [0.05, 0.1) is 19.6 Å². The SMILES string of the molecule is CN1C(=O)C2(CO)SSC1(Cc1ccc(CNCCCNCc3ccc(CC45SSC(CO)(C(=O)N4C)N(C)C5=O)cc3)cc1)CC(=O)N2C. The molecule has 6 saturated heterocycles. The Balaban J connectivity index is 0.918. The summed E-state index contributed by atoms with van der Waals surface area (Å²) in [6, 6.07) is 16.4. The molecule has 4 amide bonds. The summed E-state index contributed by atoms with van der Waals surface area (Å²) in [5.41, 5.74) is 4.30. The highest BCUT2D eigenvalue weighted by Crippen LogP contribution is 2.59. The number of benzene rings is 2. The molecule has 6 fully saturated rings. The number of hydrogen-bond donors (Lipinski definition) is 4. The monoisotopic (exact) mass is 760 g/mol. The number of likely N-dealkylation sites (N-methyl/N-ethyl adjacent to an activating group) is 4. The highest BCUT2D eigenvalue weighted by Gasteiger charge is 2.67. The van der Waals surface area contributed by atoms with E-state index in [0.717, 1.165) is 54.9 Å². The predicted molar refractivity (Wildman–Crippen MR) is 199 cm³/mol. The Bertz CT molecular complexity index is 1640. The van der Waals surface area contributed by atoms with Crippen LogP contribution in [0.2, 0.25) is 0 Å². The van der Waals surface area contributed by atoms with Crippen molar-refractivity contribution in [3.8, 4) is 0 Å². The molecule has 0 spiro atoms. The largest absolute Gasteiger partial charge is 0.392 e. The maximum atomic E-state index is 13.3. The average molecular weight is 761 g/mol. The summed E-state index contributed by atoms with van der Waals surface area (Å²) in [5.74, 6) is -0.793. The van der Waals surface area contributed by atoms with E-state index in [-0.39, 0.29) is 30.0 Å². The lowest BCUT2D eigenvalue weighted by Gasteiger charge is -2.58. The van der Waals surface area contributed by atoms with E-state index < -0.39 is 32.7 Å². The molecule has 12 nitrogen and oxygen atoms in total. The molecule has 4 N–H and O–H groups in total. The van der Waals surface area contributed by atoms with E-state index in [9.17, 15) is 29.4 Å². The van der Waals surface area contributed by atoms with Crippen LogP contribution in [0.5, 0.6) is 0 Å². The number of nitrogens with zero attached hydrogens (tertiary/aromatic N) is 4. The molecule has 0 radical (unpaired) electrons. The van der Waals surface area contributed by atoms with Crippen molar-refractivity contribution in [2.75, 3.05) is 54.5 Å². The van der Waals surface area contributed by atoms with Crippen LogP contribution in [-0.4, -0.2) is 127 Å². The third-order valence-electron chi connectivity index (χ3n) is 10.4. The number of carbonyl (C=O) groups excluding carboxylic acids is 4. The minimum absolute atomic E-state index is 0.143. The predicted octanol–water partition coefficient (Wildman–Crippen LogP) is 1.85. The number of piperazine rings is 1. The first kappa shape index (κ1) is 37.3. The molecule has 270 valence electrons. The zero-order valence-electron chi connectivity index (χ0n) is 28.6. The van der Waals surface area contributed by atoms with E-state index in [0.29, 0.717) is 12.8 Å². The second-order valence-corrected chi connectivity index (χ2v) is 18.8. The van der Waals surface area contributed by atoms with Gasteiger partial charge in [0.2, 0.25) is 15.6 Å². The fraction of sp³-hybridized carbons (Fsp3) is 0.529. The summed E-state index contributed by atoms with van der Waals surface area (Å²) in [4.78, 5) is 54.4. The van der Waals surface area contributed by atoms with E-state index >= 15 is 0 Å². The number of carbonyl (C=O) groups is 4. The van der Waals surface area contributed by atoms with Crippen LogP contribution in [0.1, 0.15) is 35.1 Å². The zero-order valence-corrected chi connectivity index (χ0v) is 31.9. The van der Waals surface area contributed by atoms with Crippen LogP contribution in [0, 0.1) is 0 Å². The molecule has 6 aliphatic heterocycles. The molecule has 50 heavy (non-hydrogen) atoms. The van der Waals surface area contributed by atoms with E-state index in [1.165, 1.54) is 57.9 Å². The molecular weight excluding hydrogens is 717 g/mol. The van der Waals surface area contributed by atoms with Gasteiger partial charge < -0.3 is 40.4 Å². The van der Waals surface area contributed by atoms with Gasteiger partial charge in [-0.15, -0.1) is 0 Å². The van der Waals surface area contributed by atoms with E-state index in [1.807, 2.05) is 24.3 Å². The number of aliphatic hydroxyl groups is 2. The summed E-state index contributed by atoms with van der Waals surface area (Å²) in [6.07, 6.45) is 2.08. The van der Waals surface area contributed by atoms with Crippen molar-refractivity contribution < 1.29 is 29.4 Å². The first-order valence-electron chi connectivity index (χ1n) is 16.5. The quantitative estimate of drug-likeness (QED) is 0.165. The van der Waals surface area contributed by atoms with Gasteiger partial charge in [-0.1, -0.05) is 80.9 Å². The maximum absolute atomic E-state index is 13.3. The van der Waals surface area contributed by atoms with Gasteiger partial charge >= 0.3 is 0 Å². The highest BCUT2D eigenvalue weighted by molar-refractivity contribution is 8.78. The Hall–Kier alpha value is -2.44. The molecule has 4 bridgehead atoms. The Kier molecular flexibility index (Phi) is 10.8. The standard InChI is InChI=1S/C34H44N6O6S4/c1-37-27(43)18-31(38(2)29(45)33(37,21-41)49-47-31)16-23-6-10-25(11-7-23)19-35-14-5-15-36-20-26-12-8-24(9-13-26)17-32-28(44)40(4)34(22-42,50-48-32)30(46)39(32)3/h6-13,35-36,41-42H,5,14-22H2,1-4H3. The second kappa shape index (κ2) is 14.5. The van der Waals surface area contributed by atoms with Crippen LogP contribution in [0.3, 0.4) is 0 Å². The van der Waals surface area contributed by atoms with Crippen LogP contribution >= 0.6 is 43.2 Å². The number of aliphatic hydroxyl groups excluding tert-OH is 2. The second-order valence-electron chi connectivity index (χ2n) is 13.4. The lowest BCUT2D eigenvalue weighted by molar-refractivity contribution is -0.165. The summed E-state index contributed by atoms with van der Waals surface area (Å²) >= 11 is 0. The fourth-order valence-corrected chi connectivity index (χ4v) is 14.1. The van der Waals surface area contributed by atoms with Crippen molar-refractivity contribution in [3.63, 3.8) is 0 Å². The minimum Gasteiger partial charge on any atom is -0.392 e. The third-order valence-corrected chi connectivity index (χ3v) is 17.9. The molecule has 2 aromatic rings. The van der Waals surface area contributed by atoms with E-state index in [2.05, 4.69) is 34.9 Å². The molecule has 2 aromatic carbocycles. The van der Waals surface area contributed by atoms with Crippen molar-refractivity contribution in [3.05, 3.63) is 70.8 Å². The summed E-state index contributed by atoms with van der Waals surface area (Å²) in [5, 5.41) is 26.9. The molecule has 0 aromatic heterocycles. The van der Waals surface area contributed by atoms with Gasteiger partial charge in [-0.3, -0.25) is 19.2 Å². The molecule has 4 atom stereocenters. The molecular formula is C34H44N6O6S4. The number of rotatable bonds is 14. The highest BCUT2D eigenvalue weighted by atomic mass is 33.1. The average Bonchev–Trinajstić information content (AvgIpc) is 3.26. The smallest absolute Gasteiger partial charge is 0.263 e. The first-order valence-corrected chi connectivity index (χ1v) is 20.8. The van der Waals surface area contributed by atoms with Crippen molar-refractivity contribution in [2.45, 2.75) is 58.3 Å². The van der Waals surface area contributed by atoms with Crippen LogP contribution < -0.4 is 10.6 Å². The van der Waals surface area contributed by atoms with Crippen molar-refractivity contribution >= 4 is 66.8 Å². The lowest BCUT2D eigenvalue weighted by Crippen LogP contribution is -2.77. The van der Waals surface area contributed by atoms with Crippen molar-refractivity contribution in [1.82, 2.24) is 30.2 Å². The van der Waals surface area contributed by atoms with Crippen LogP contribution in [-0.2, 0) is 45.1 Å². The third kappa shape index (κ3) is 6.22. The van der Waals surface area contributed by atoms with Crippen LogP contribution in [0.4, 0.5) is 0 Å². The Morgan fingerprint density at radius 2 is 1.00 bits per heavy atom. The molecule has 6 aliphatic rings. The van der Waals surface area contributed by atoms with Gasteiger partial charge in [-0.25, -0.2) is 0 Å². The number of fused-ring (bicyclic) bond motifs is 7. The number of hydrogen-bond acceptors (Lipinski definition) is 12. The van der Waals surface area contributed by atoms with E-state index in [4.69, 9.17) is 0 Å². The first-order chi connectivity index (χ1) is 23.9. The summed E-state index contributed by atoms with van der Waals surface area (Å²) in [7, 11) is 12.0. The van der Waals surface area contributed by atoms with Crippen molar-refractivity contribution in [1.29, 1.82) is 0 Å². The van der Waals surface area contributed by atoms with Gasteiger partial charge in [-0.05, 0) is 52.6 Å². The van der Waals surface area contributed by atoms with Crippen molar-refractivity contribution in [2.24, 2.45) is 0 Å². The van der Waals surface area contributed by atoms with Gasteiger partial charge in [0.1, 0.15) is 4.87 Å². The normalized spacial score (nSPS) is 29.4. The Labute approximate surface area is 308 Å². The van der Waals surface area contributed by atoms with E-state index in [1.54, 1.807) is 33.1 Å². The lowest BCUT2D eigenvalue weighted by atomic mass is 9.97.